The molecule has 2 atom stereocenters. The van der Waals surface area contributed by atoms with Crippen molar-refractivity contribution in [2.45, 2.75) is 38.5 Å². The normalized spacial score (nSPS) is 23.8. The lowest BCUT2D eigenvalue weighted by Crippen LogP contribution is -2.26. The van der Waals surface area contributed by atoms with Crippen LogP contribution >= 0.6 is 11.3 Å². The molecule has 1 aromatic heterocycles. The Morgan fingerprint density at radius 3 is 3.06 bits per heavy atom. The number of ether oxygens (including phenoxy) is 1. The molecule has 1 aliphatic rings. The highest BCUT2D eigenvalue weighted by Crippen LogP contribution is 2.22. The number of para-hydroxylation sites is 1. The third kappa shape index (κ3) is 2.71. The molecule has 1 saturated heterocycles. The molecule has 2 aromatic rings. The average Bonchev–Trinajstić information content (AvgIpc) is 2.95. The third-order valence-corrected chi connectivity index (χ3v) is 4.34. The van der Waals surface area contributed by atoms with Crippen molar-refractivity contribution in [1.82, 2.24) is 10.3 Å². The van der Waals surface area contributed by atoms with Crippen molar-refractivity contribution >= 4 is 21.6 Å². The first-order valence-electron chi connectivity index (χ1n) is 6.52. The van der Waals surface area contributed by atoms with Gasteiger partial charge in [-0.05, 0) is 31.9 Å². The van der Waals surface area contributed by atoms with E-state index in [0.29, 0.717) is 12.2 Å². The first-order valence-corrected chi connectivity index (χ1v) is 7.33. The van der Waals surface area contributed by atoms with E-state index in [9.17, 15) is 0 Å². The number of fused-ring (bicyclic) bond motifs is 1. The van der Waals surface area contributed by atoms with Crippen LogP contribution in [0.5, 0.6) is 0 Å². The monoisotopic (exact) mass is 262 g/mol. The molecular weight excluding hydrogens is 244 g/mol. The Bertz CT molecular complexity index is 492. The molecule has 1 N–H and O–H groups in total. The molecule has 96 valence electrons. The zero-order valence-corrected chi connectivity index (χ0v) is 11.4. The van der Waals surface area contributed by atoms with Crippen molar-refractivity contribution in [1.29, 1.82) is 0 Å². The fourth-order valence-electron chi connectivity index (χ4n) is 2.37. The minimum Gasteiger partial charge on any atom is -0.374 e. The SMILES string of the molecule is CC1CCC(CNCc2nc3ccccc3s2)O1. The number of aromatic nitrogens is 1. The van der Waals surface area contributed by atoms with Gasteiger partial charge in [0.05, 0.1) is 22.4 Å². The van der Waals surface area contributed by atoms with E-state index in [1.807, 2.05) is 6.07 Å². The molecule has 1 aromatic carbocycles. The van der Waals surface area contributed by atoms with E-state index >= 15 is 0 Å². The van der Waals surface area contributed by atoms with Gasteiger partial charge >= 0.3 is 0 Å². The van der Waals surface area contributed by atoms with Crippen LogP contribution in [0, 0.1) is 0 Å². The van der Waals surface area contributed by atoms with Gasteiger partial charge in [-0.2, -0.15) is 0 Å². The minimum atomic E-state index is 0.384. The summed E-state index contributed by atoms with van der Waals surface area (Å²) in [6.07, 6.45) is 3.18. The highest BCUT2D eigenvalue weighted by Gasteiger charge is 2.21. The molecule has 2 unspecified atom stereocenters. The summed E-state index contributed by atoms with van der Waals surface area (Å²) in [6.45, 7) is 3.92. The second-order valence-electron chi connectivity index (χ2n) is 4.85. The van der Waals surface area contributed by atoms with Gasteiger partial charge in [0.2, 0.25) is 0 Å². The molecule has 3 rings (SSSR count). The zero-order valence-electron chi connectivity index (χ0n) is 10.6. The van der Waals surface area contributed by atoms with Crippen molar-refractivity contribution in [3.63, 3.8) is 0 Å². The van der Waals surface area contributed by atoms with Crippen LogP contribution in [0.1, 0.15) is 24.8 Å². The Labute approximate surface area is 111 Å². The van der Waals surface area contributed by atoms with Gasteiger partial charge in [-0.1, -0.05) is 12.1 Å². The molecule has 0 aliphatic carbocycles. The second-order valence-corrected chi connectivity index (χ2v) is 5.97. The summed E-state index contributed by atoms with van der Waals surface area (Å²) < 4.78 is 7.04. The van der Waals surface area contributed by atoms with Gasteiger partial charge in [0.1, 0.15) is 5.01 Å². The fraction of sp³-hybridized carbons (Fsp3) is 0.500. The maximum Gasteiger partial charge on any atom is 0.108 e. The Balaban J connectivity index is 1.53. The van der Waals surface area contributed by atoms with E-state index in [-0.39, 0.29) is 0 Å². The van der Waals surface area contributed by atoms with Crippen LogP contribution in [0.15, 0.2) is 24.3 Å². The molecular formula is C14H18N2OS. The largest absolute Gasteiger partial charge is 0.374 e. The Morgan fingerprint density at radius 1 is 1.39 bits per heavy atom. The smallest absolute Gasteiger partial charge is 0.108 e. The van der Waals surface area contributed by atoms with Crippen LogP contribution in [0.4, 0.5) is 0 Å². The lowest BCUT2D eigenvalue weighted by atomic mass is 10.2. The van der Waals surface area contributed by atoms with Gasteiger partial charge in [-0.25, -0.2) is 4.98 Å². The summed E-state index contributed by atoms with van der Waals surface area (Å²) in [4.78, 5) is 4.61. The van der Waals surface area contributed by atoms with Crippen molar-refractivity contribution in [2.24, 2.45) is 0 Å². The van der Waals surface area contributed by atoms with Crippen LogP contribution in [-0.2, 0) is 11.3 Å². The molecule has 1 fully saturated rings. The van der Waals surface area contributed by atoms with E-state index in [1.54, 1.807) is 11.3 Å². The summed E-state index contributed by atoms with van der Waals surface area (Å²) in [5, 5.41) is 4.60. The lowest BCUT2D eigenvalue weighted by Gasteiger charge is -2.11. The molecule has 18 heavy (non-hydrogen) atoms. The second kappa shape index (κ2) is 5.34. The summed E-state index contributed by atoms with van der Waals surface area (Å²) >= 11 is 1.77. The van der Waals surface area contributed by atoms with Crippen LogP contribution < -0.4 is 5.32 Å². The molecule has 4 heteroatoms. The number of benzene rings is 1. The third-order valence-electron chi connectivity index (χ3n) is 3.31. The molecule has 0 amide bonds. The quantitative estimate of drug-likeness (QED) is 0.920. The molecule has 3 nitrogen and oxygen atoms in total. The molecule has 0 spiro atoms. The Hall–Kier alpha value is -0.970. The predicted octanol–water partition coefficient (Wildman–Crippen LogP) is 2.95. The van der Waals surface area contributed by atoms with Crippen molar-refractivity contribution in [3.8, 4) is 0 Å². The van der Waals surface area contributed by atoms with Crippen molar-refractivity contribution < 1.29 is 4.74 Å². The molecule has 2 heterocycles. The summed E-state index contributed by atoms with van der Waals surface area (Å²) in [5.41, 5.74) is 1.10. The number of rotatable bonds is 4. The van der Waals surface area contributed by atoms with Gasteiger partial charge in [0.25, 0.3) is 0 Å². The van der Waals surface area contributed by atoms with E-state index in [2.05, 4.69) is 35.4 Å². The van der Waals surface area contributed by atoms with Crippen molar-refractivity contribution in [3.05, 3.63) is 29.3 Å². The first kappa shape index (κ1) is 12.1. The van der Waals surface area contributed by atoms with Gasteiger partial charge < -0.3 is 10.1 Å². The Morgan fingerprint density at radius 2 is 2.28 bits per heavy atom. The summed E-state index contributed by atoms with van der Waals surface area (Å²) in [7, 11) is 0. The van der Waals surface area contributed by atoms with Gasteiger partial charge in [-0.15, -0.1) is 11.3 Å². The molecule has 0 bridgehead atoms. The summed E-state index contributed by atoms with van der Waals surface area (Å²) in [5.74, 6) is 0. The number of thiazole rings is 1. The maximum absolute atomic E-state index is 5.78. The predicted molar refractivity (Wildman–Crippen MR) is 74.9 cm³/mol. The number of nitrogens with zero attached hydrogens (tertiary/aromatic N) is 1. The fourth-order valence-corrected chi connectivity index (χ4v) is 3.31. The van der Waals surface area contributed by atoms with E-state index in [1.165, 1.54) is 17.5 Å². The molecule has 0 saturated carbocycles. The standard InChI is InChI=1S/C14H18N2OS/c1-10-6-7-11(17-10)8-15-9-14-16-12-4-2-3-5-13(12)18-14/h2-5,10-11,15H,6-9H2,1H3. The van der Waals surface area contributed by atoms with Crippen molar-refractivity contribution in [2.75, 3.05) is 6.54 Å². The topological polar surface area (TPSA) is 34.2 Å². The number of nitrogens with one attached hydrogen (secondary N) is 1. The van der Waals surface area contributed by atoms with Crippen LogP contribution in [-0.4, -0.2) is 23.7 Å². The highest BCUT2D eigenvalue weighted by molar-refractivity contribution is 7.18. The number of hydrogen-bond acceptors (Lipinski definition) is 4. The van der Waals surface area contributed by atoms with E-state index in [0.717, 1.165) is 23.6 Å². The van der Waals surface area contributed by atoms with Gasteiger partial charge in [0.15, 0.2) is 0 Å². The lowest BCUT2D eigenvalue weighted by molar-refractivity contribution is 0.0559. The van der Waals surface area contributed by atoms with Crippen LogP contribution in [0.2, 0.25) is 0 Å². The van der Waals surface area contributed by atoms with Gasteiger partial charge in [0, 0.05) is 13.1 Å². The van der Waals surface area contributed by atoms with Gasteiger partial charge in [-0.3, -0.25) is 0 Å². The maximum atomic E-state index is 5.78. The first-order chi connectivity index (χ1) is 8.81. The Kier molecular flexibility index (Phi) is 3.59. The molecule has 0 radical (unpaired) electrons. The average molecular weight is 262 g/mol. The van der Waals surface area contributed by atoms with E-state index in [4.69, 9.17) is 4.74 Å². The zero-order chi connectivity index (χ0) is 12.4. The summed E-state index contributed by atoms with van der Waals surface area (Å²) in [6, 6.07) is 8.29. The van der Waals surface area contributed by atoms with E-state index < -0.39 is 0 Å². The number of hydrogen-bond donors (Lipinski definition) is 1. The van der Waals surface area contributed by atoms with Crippen LogP contribution in [0.3, 0.4) is 0 Å². The highest BCUT2D eigenvalue weighted by atomic mass is 32.1. The minimum absolute atomic E-state index is 0.384. The molecule has 1 aliphatic heterocycles. The van der Waals surface area contributed by atoms with Crippen LogP contribution in [0.25, 0.3) is 10.2 Å².